The first-order chi connectivity index (χ1) is 39.2. The molecule has 11 rings (SSSR count). The summed E-state index contributed by atoms with van der Waals surface area (Å²) in [7, 11) is 1.65. The van der Waals surface area contributed by atoms with Crippen molar-refractivity contribution in [2.24, 2.45) is 0 Å². The molecule has 2 aromatic heterocycles. The molecule has 81 heavy (non-hydrogen) atoms. The molecule has 0 aliphatic carbocycles. The molecule has 5 aromatic rings. The van der Waals surface area contributed by atoms with Crippen molar-refractivity contribution < 1.29 is 61.5 Å². The van der Waals surface area contributed by atoms with Gasteiger partial charge in [0.25, 0.3) is 11.8 Å². The van der Waals surface area contributed by atoms with Gasteiger partial charge >= 0.3 is 12.1 Å². The molecule has 5 amide bonds. The summed E-state index contributed by atoms with van der Waals surface area (Å²) in [6.45, 7) is 9.07. The number of likely N-dealkylation sites (N-methyl/N-ethyl adjacent to an activating group) is 1. The number of piperidine rings is 1. The van der Waals surface area contributed by atoms with E-state index in [0.29, 0.717) is 101 Å². The number of nitrogens with one attached hydrogen (secondary N) is 3. The number of amides is 5. The Labute approximate surface area is 465 Å². The van der Waals surface area contributed by atoms with Crippen molar-refractivity contribution in [1.82, 2.24) is 40.3 Å². The van der Waals surface area contributed by atoms with E-state index in [2.05, 4.69) is 48.2 Å². The summed E-state index contributed by atoms with van der Waals surface area (Å²) in [4.78, 5) is 84.1. The molecular formula is C58H62F2N10O11. The molecular weight excluding hydrogens is 1050 g/mol. The van der Waals surface area contributed by atoms with Crippen molar-refractivity contribution in [3.63, 3.8) is 0 Å². The number of pyridine rings is 1. The summed E-state index contributed by atoms with van der Waals surface area (Å²) < 4.78 is 61.7. The van der Waals surface area contributed by atoms with Gasteiger partial charge in [-0.1, -0.05) is 24.1 Å². The van der Waals surface area contributed by atoms with Gasteiger partial charge in [0.15, 0.2) is 5.82 Å². The second-order valence-electron chi connectivity index (χ2n) is 21.4. The summed E-state index contributed by atoms with van der Waals surface area (Å²) in [6, 6.07) is 9.52. The van der Waals surface area contributed by atoms with Gasteiger partial charge in [-0.15, -0.1) is 6.42 Å². The molecule has 5 atom stereocenters. The van der Waals surface area contributed by atoms with Gasteiger partial charge in [-0.05, 0) is 80.3 Å². The lowest BCUT2D eigenvalue weighted by molar-refractivity contribution is -0.136. The molecule has 4 unspecified atom stereocenters. The molecule has 0 saturated carbocycles. The van der Waals surface area contributed by atoms with Crippen molar-refractivity contribution >= 4 is 62.9 Å². The average molecular weight is 1110 g/mol. The summed E-state index contributed by atoms with van der Waals surface area (Å²) in [5, 5.41) is 20.7. The number of terminal acetylenes is 1. The number of phenolic OH excluding ortho intramolecular Hbond substituents is 1. The van der Waals surface area contributed by atoms with Gasteiger partial charge in [0, 0.05) is 87.2 Å². The highest BCUT2D eigenvalue weighted by atomic mass is 19.1. The van der Waals surface area contributed by atoms with Crippen molar-refractivity contribution in [2.45, 2.75) is 74.7 Å². The molecule has 3 aromatic carbocycles. The number of imide groups is 2. The Bertz CT molecular complexity index is 3380. The minimum atomic E-state index is -1.03. The Morgan fingerprint density at radius 2 is 1.69 bits per heavy atom. The van der Waals surface area contributed by atoms with Crippen molar-refractivity contribution in [2.75, 3.05) is 103 Å². The highest BCUT2D eigenvalue weighted by Gasteiger charge is 2.52. The highest BCUT2D eigenvalue weighted by Crippen LogP contribution is 2.45. The van der Waals surface area contributed by atoms with E-state index in [9.17, 15) is 29.1 Å². The maximum absolute atomic E-state index is 17.2. The Hall–Kier alpha value is -7.88. The number of fused-ring (bicyclic) bond motifs is 6. The topological polar surface area (TPSA) is 239 Å². The largest absolute Gasteiger partial charge is 0.508 e. The van der Waals surface area contributed by atoms with E-state index in [1.807, 2.05) is 0 Å². The molecule has 0 radical (unpaired) electrons. The highest BCUT2D eigenvalue weighted by molar-refractivity contribution is 6.23. The molecule has 424 valence electrons. The number of hydrogen-bond acceptors (Lipinski definition) is 18. The minimum Gasteiger partial charge on any atom is -0.508 e. The molecule has 2 bridgehead atoms. The average Bonchev–Trinajstić information content (AvgIpc) is 4.25. The lowest BCUT2D eigenvalue weighted by atomic mass is 9.94. The lowest BCUT2D eigenvalue weighted by Crippen LogP contribution is -2.54. The van der Waals surface area contributed by atoms with Crippen LogP contribution >= 0.6 is 0 Å². The number of aromatic hydroxyl groups is 1. The van der Waals surface area contributed by atoms with Crippen molar-refractivity contribution in [1.29, 1.82) is 0 Å². The Kier molecular flexibility index (Phi) is 15.8. The third kappa shape index (κ3) is 11.2. The van der Waals surface area contributed by atoms with Crippen LogP contribution in [0, 0.1) is 24.0 Å². The van der Waals surface area contributed by atoms with E-state index in [-0.39, 0.29) is 101 Å². The first kappa shape index (κ1) is 55.0. The predicted molar refractivity (Wildman–Crippen MR) is 292 cm³/mol. The zero-order valence-electron chi connectivity index (χ0n) is 44.8. The third-order valence-corrected chi connectivity index (χ3v) is 16.1. The van der Waals surface area contributed by atoms with Gasteiger partial charge < -0.3 is 49.2 Å². The summed E-state index contributed by atoms with van der Waals surface area (Å²) in [5.41, 5.74) is 1.32. The van der Waals surface area contributed by atoms with Crippen LogP contribution < -0.4 is 25.6 Å². The van der Waals surface area contributed by atoms with Crippen LogP contribution in [0.4, 0.5) is 25.1 Å². The second kappa shape index (κ2) is 23.3. The smallest absolute Gasteiger partial charge is 0.409 e. The van der Waals surface area contributed by atoms with Gasteiger partial charge in [0.2, 0.25) is 11.8 Å². The standard InChI is InChI=1S/C58H62F2N10O11/c1-4-40-45(59)10-5-34-23-39(71)25-43(48(34)40)50-49(60)51-44(27-62-50)52(68-29-36-6-7-37(30-68)63-36)66-56(65-51)81-32-58-14-13-38(69(58)28-33(2)26-58)31-80-57(76)67(3)16-18-78-20-22-79-21-19-77-17-15-61-35-8-9-41-42(24-35)55(75)70(54(41)74)46-11-12-47(72)64-53(46)73/h1,5,8-10,23-25,27,36-38,46,61,63,71H,2,6-7,11-22,26,28-32H2,3H3,(H,64,72,73)/t36?,37?,38-,46?,58?/m0/s1. The Morgan fingerprint density at radius 3 is 2.46 bits per heavy atom. The maximum atomic E-state index is 17.2. The minimum absolute atomic E-state index is 0.0252. The van der Waals surface area contributed by atoms with Crippen molar-refractivity contribution in [3.05, 3.63) is 89.1 Å². The Balaban J connectivity index is 0.630. The van der Waals surface area contributed by atoms with Crippen LogP contribution in [0.25, 0.3) is 32.9 Å². The molecule has 8 heterocycles. The molecule has 21 nitrogen and oxygen atoms in total. The first-order valence-electron chi connectivity index (χ1n) is 27.2. The van der Waals surface area contributed by atoms with Gasteiger partial charge in [0.05, 0.1) is 67.3 Å². The number of carbonyl (C=O) groups excluding carboxylic acids is 5. The molecule has 0 spiro atoms. The van der Waals surface area contributed by atoms with Crippen LogP contribution in [-0.2, 0) is 28.5 Å². The summed E-state index contributed by atoms with van der Waals surface area (Å²) in [6.07, 6.45) is 11.0. The fraction of sp³-hybridized carbons (Fsp3) is 0.448. The van der Waals surface area contributed by atoms with Crippen LogP contribution in [0.1, 0.15) is 71.2 Å². The van der Waals surface area contributed by atoms with Gasteiger partial charge in [-0.2, -0.15) is 9.97 Å². The fourth-order valence-corrected chi connectivity index (χ4v) is 12.1. The number of phenols is 1. The number of carbonyl (C=O) groups is 5. The number of benzene rings is 3. The van der Waals surface area contributed by atoms with Crippen LogP contribution in [0.3, 0.4) is 0 Å². The first-order valence-corrected chi connectivity index (χ1v) is 27.2. The quantitative estimate of drug-likeness (QED) is 0.0330. The number of piperazine rings is 1. The molecule has 5 saturated heterocycles. The fourth-order valence-electron chi connectivity index (χ4n) is 12.1. The number of hydrogen-bond donors (Lipinski definition) is 4. The van der Waals surface area contributed by atoms with Crippen LogP contribution in [0.15, 0.2) is 60.8 Å². The van der Waals surface area contributed by atoms with E-state index in [0.717, 1.165) is 29.7 Å². The summed E-state index contributed by atoms with van der Waals surface area (Å²) in [5.74, 6) is -0.999. The molecule has 5 fully saturated rings. The lowest BCUT2D eigenvalue weighted by Gasteiger charge is -2.35. The predicted octanol–water partition coefficient (Wildman–Crippen LogP) is 4.92. The summed E-state index contributed by atoms with van der Waals surface area (Å²) >= 11 is 0. The maximum Gasteiger partial charge on any atom is 0.409 e. The molecule has 6 aliphatic rings. The number of aromatic nitrogens is 3. The van der Waals surface area contributed by atoms with E-state index < -0.39 is 52.9 Å². The number of ether oxygens (including phenoxy) is 5. The number of rotatable bonds is 21. The second-order valence-corrected chi connectivity index (χ2v) is 21.4. The van der Waals surface area contributed by atoms with E-state index in [1.54, 1.807) is 25.2 Å². The Morgan fingerprint density at radius 1 is 0.938 bits per heavy atom. The van der Waals surface area contributed by atoms with Crippen molar-refractivity contribution in [3.8, 4) is 35.4 Å². The normalized spacial score (nSPS) is 22.4. The molecule has 4 N–H and O–H groups in total. The van der Waals surface area contributed by atoms with E-state index in [1.165, 1.54) is 35.4 Å². The SMILES string of the molecule is C#Cc1c(F)ccc2cc(O)cc(-c3ncc4c(N5CC6CCC(C5)N6)nc(OCC56CC[C@@H](COC(=O)N(C)CCOCCOCCOCCNc7ccc8c(c7)C(=O)N(C7CCC(=O)NC7=O)C8=O)N5CC(=C)C6)nc4c3F)c12. The van der Waals surface area contributed by atoms with Gasteiger partial charge in [-0.3, -0.25) is 39.3 Å². The van der Waals surface area contributed by atoms with Gasteiger partial charge in [-0.25, -0.2) is 13.6 Å². The van der Waals surface area contributed by atoms with Crippen LogP contribution in [0.5, 0.6) is 11.8 Å². The number of anilines is 2. The van der Waals surface area contributed by atoms with Gasteiger partial charge in [0.1, 0.15) is 47.9 Å². The third-order valence-electron chi connectivity index (χ3n) is 16.1. The number of nitrogens with zero attached hydrogens (tertiary/aromatic N) is 7. The monoisotopic (exact) mass is 1110 g/mol. The molecule has 6 aliphatic heterocycles. The van der Waals surface area contributed by atoms with Crippen LogP contribution in [0.2, 0.25) is 0 Å². The molecule has 23 heteroatoms. The zero-order chi connectivity index (χ0) is 56.5. The van der Waals surface area contributed by atoms with E-state index >= 15 is 8.78 Å². The van der Waals surface area contributed by atoms with Crippen LogP contribution in [-0.4, -0.2) is 187 Å². The van der Waals surface area contributed by atoms with E-state index in [4.69, 9.17) is 35.1 Å². The number of halogens is 2. The zero-order valence-corrected chi connectivity index (χ0v) is 44.8.